The van der Waals surface area contributed by atoms with E-state index in [0.29, 0.717) is 5.37 Å². The van der Waals surface area contributed by atoms with Gasteiger partial charge in [0.2, 0.25) is 5.52 Å². The van der Waals surface area contributed by atoms with Crippen LogP contribution in [0.15, 0.2) is 46.9 Å². The summed E-state index contributed by atoms with van der Waals surface area (Å²) in [5, 5.41) is 1.68. The van der Waals surface area contributed by atoms with Gasteiger partial charge in [0.15, 0.2) is 0 Å². The van der Waals surface area contributed by atoms with Crippen molar-refractivity contribution < 1.29 is 38.0 Å². The van der Waals surface area contributed by atoms with Gasteiger partial charge in [0.25, 0.3) is 5.01 Å². The van der Waals surface area contributed by atoms with Gasteiger partial charge in [-0.2, -0.15) is 4.57 Å². The van der Waals surface area contributed by atoms with Gasteiger partial charge in [0.1, 0.15) is 23.2 Å². The number of thioether (sulfide) groups is 1. The second-order valence-electron chi connectivity index (χ2n) is 7.21. The predicted molar refractivity (Wildman–Crippen MR) is 123 cm³/mol. The molecule has 0 radical (unpaired) electrons. The third-order valence-electron chi connectivity index (χ3n) is 5.53. The third kappa shape index (κ3) is 4.43. The van der Waals surface area contributed by atoms with Crippen molar-refractivity contribution in [1.82, 2.24) is 0 Å². The van der Waals surface area contributed by atoms with Gasteiger partial charge in [-0.3, -0.25) is 0 Å². The van der Waals surface area contributed by atoms with E-state index in [-0.39, 0.29) is 24.0 Å². The minimum absolute atomic E-state index is 0. The zero-order valence-corrected chi connectivity index (χ0v) is 21.7. The van der Waals surface area contributed by atoms with Crippen LogP contribution < -0.4 is 42.9 Å². The molecule has 1 aliphatic heterocycles. The van der Waals surface area contributed by atoms with Crippen LogP contribution in [0.3, 0.4) is 0 Å². The van der Waals surface area contributed by atoms with E-state index in [1.165, 1.54) is 31.4 Å². The summed E-state index contributed by atoms with van der Waals surface area (Å²) in [5.74, 6) is 1.81. The highest BCUT2D eigenvalue weighted by Crippen LogP contribution is 2.46. The van der Waals surface area contributed by atoms with E-state index in [9.17, 15) is 0 Å². The summed E-state index contributed by atoms with van der Waals surface area (Å²) in [6.45, 7) is 2.25. The molecule has 0 aliphatic carbocycles. The number of hydrogen-bond acceptors (Lipinski definition) is 5. The number of benzene rings is 2. The summed E-state index contributed by atoms with van der Waals surface area (Å²) in [5.41, 5.74) is 3.93. The van der Waals surface area contributed by atoms with Crippen molar-refractivity contribution >= 4 is 45.1 Å². The first-order valence-corrected chi connectivity index (χ1v) is 11.5. The summed E-state index contributed by atoms with van der Waals surface area (Å²) in [6, 6.07) is 12.6. The van der Waals surface area contributed by atoms with Crippen LogP contribution in [-0.4, -0.2) is 26.6 Å². The molecule has 2 aromatic carbocycles. The second kappa shape index (κ2) is 9.78. The quantitative estimate of drug-likeness (QED) is 0.346. The van der Waals surface area contributed by atoms with E-state index >= 15 is 0 Å². The topological polar surface area (TPSA) is 25.6 Å². The zero-order chi connectivity index (χ0) is 20.5. The lowest BCUT2D eigenvalue weighted by atomic mass is 10.1. The monoisotopic (exact) mass is 554 g/mol. The number of anilines is 1. The smallest absolute Gasteiger partial charge is 0.262 e. The zero-order valence-electron chi connectivity index (χ0n) is 17.9. The number of halogens is 1. The maximum atomic E-state index is 5.41. The number of aromatic nitrogens is 1. The van der Waals surface area contributed by atoms with E-state index in [2.05, 4.69) is 60.8 Å². The van der Waals surface area contributed by atoms with Crippen LogP contribution in [-0.2, 0) is 7.05 Å². The highest BCUT2D eigenvalue weighted by molar-refractivity contribution is 8.00. The van der Waals surface area contributed by atoms with Crippen LogP contribution in [0, 0.1) is 0 Å². The Morgan fingerprint density at radius 2 is 1.83 bits per heavy atom. The average molecular weight is 555 g/mol. The second-order valence-corrected chi connectivity index (χ2v) is 9.49. The van der Waals surface area contributed by atoms with Gasteiger partial charge in [0, 0.05) is 24.1 Å². The molecule has 0 saturated carbocycles. The van der Waals surface area contributed by atoms with Crippen molar-refractivity contribution in [3.63, 3.8) is 0 Å². The Kier molecular flexibility index (Phi) is 7.57. The van der Waals surface area contributed by atoms with E-state index in [0.717, 1.165) is 24.3 Å². The minimum atomic E-state index is 0. The molecule has 3 aromatic rings. The molecule has 4 rings (SSSR count). The number of aryl methyl sites for hydroxylation is 1. The molecule has 1 aromatic heterocycles. The SMILES string of the molecule is CC/C(=C\c1sc2ccc(OC)cc2[n+]1C)CC1Sc2ccc(OC)cc2N1C.[I-]. The standard InChI is InChI=1S/C23H27N2O2S2.HI/c1-6-15(11-22-24(2)18-13-16(26-4)7-9-20(18)28-22)12-23-25(3)19-14-17(27-5)8-10-21(19)29-23;/h7-11,13-14,23H,6,12H2,1-5H3;1H/q+1;/p-1/b15-11+;. The highest BCUT2D eigenvalue weighted by Gasteiger charge is 2.28. The minimum Gasteiger partial charge on any atom is -1.00 e. The Hall–Kier alpha value is -1.45. The van der Waals surface area contributed by atoms with Gasteiger partial charge in [-0.25, -0.2) is 0 Å². The molecule has 0 N–H and O–H groups in total. The van der Waals surface area contributed by atoms with E-state index in [4.69, 9.17) is 9.47 Å². The lowest BCUT2D eigenvalue weighted by molar-refractivity contribution is -0.642. The number of methoxy groups -OCH3 is 2. The number of thiazole rings is 1. The van der Waals surface area contributed by atoms with Crippen LogP contribution in [0.25, 0.3) is 16.3 Å². The Bertz CT molecular complexity index is 1080. The maximum absolute atomic E-state index is 5.41. The molecule has 0 saturated heterocycles. The maximum Gasteiger partial charge on any atom is 0.262 e. The molecule has 160 valence electrons. The van der Waals surface area contributed by atoms with Gasteiger partial charge in [-0.05, 0) is 37.1 Å². The van der Waals surface area contributed by atoms with Crippen LogP contribution >= 0.6 is 23.1 Å². The average Bonchev–Trinajstić information content (AvgIpc) is 3.23. The number of rotatable bonds is 6. The molecule has 1 atom stereocenters. The van der Waals surface area contributed by atoms with Crippen molar-refractivity contribution in [3.8, 4) is 11.5 Å². The lowest BCUT2D eigenvalue weighted by Gasteiger charge is -2.22. The fourth-order valence-electron chi connectivity index (χ4n) is 3.66. The summed E-state index contributed by atoms with van der Waals surface area (Å²) in [4.78, 5) is 3.70. The van der Waals surface area contributed by atoms with E-state index in [1.54, 1.807) is 14.2 Å². The molecule has 0 bridgehead atoms. The Morgan fingerprint density at radius 1 is 1.13 bits per heavy atom. The molecule has 0 spiro atoms. The van der Waals surface area contributed by atoms with Gasteiger partial charge in [-0.1, -0.05) is 35.6 Å². The van der Waals surface area contributed by atoms with Crippen molar-refractivity contribution in [3.05, 3.63) is 47.0 Å². The summed E-state index contributed by atoms with van der Waals surface area (Å²) in [7, 11) is 7.75. The lowest BCUT2D eigenvalue weighted by Crippen LogP contribution is -3.00. The van der Waals surface area contributed by atoms with Gasteiger partial charge in [0.05, 0.1) is 31.3 Å². The van der Waals surface area contributed by atoms with Crippen LogP contribution in [0.1, 0.15) is 24.8 Å². The van der Waals surface area contributed by atoms with Crippen LogP contribution in [0.2, 0.25) is 0 Å². The van der Waals surface area contributed by atoms with Crippen LogP contribution in [0.5, 0.6) is 11.5 Å². The molecule has 1 unspecified atom stereocenters. The molecule has 0 amide bonds. The molecular formula is C23H27IN2O2S2. The number of ether oxygens (including phenoxy) is 2. The molecule has 2 heterocycles. The summed E-state index contributed by atoms with van der Waals surface area (Å²) < 4.78 is 14.3. The van der Waals surface area contributed by atoms with Crippen molar-refractivity contribution in [2.24, 2.45) is 7.05 Å². The van der Waals surface area contributed by atoms with Gasteiger partial charge >= 0.3 is 0 Å². The van der Waals surface area contributed by atoms with E-state index < -0.39 is 0 Å². The molecular weight excluding hydrogens is 527 g/mol. The first-order valence-electron chi connectivity index (χ1n) is 9.77. The summed E-state index contributed by atoms with van der Waals surface area (Å²) in [6.07, 6.45) is 4.45. The predicted octanol–water partition coefficient (Wildman–Crippen LogP) is 2.50. The molecule has 0 fully saturated rings. The Labute approximate surface area is 203 Å². The van der Waals surface area contributed by atoms with Crippen molar-refractivity contribution in [2.75, 3.05) is 26.2 Å². The highest BCUT2D eigenvalue weighted by atomic mass is 127. The fraction of sp³-hybridized carbons (Fsp3) is 0.348. The molecule has 30 heavy (non-hydrogen) atoms. The summed E-state index contributed by atoms with van der Waals surface area (Å²) >= 11 is 3.77. The molecule has 7 heteroatoms. The Morgan fingerprint density at radius 3 is 2.53 bits per heavy atom. The fourth-order valence-corrected chi connectivity index (χ4v) is 6.12. The van der Waals surface area contributed by atoms with Gasteiger partial charge < -0.3 is 38.4 Å². The largest absolute Gasteiger partial charge is 1.00 e. The number of nitrogens with zero attached hydrogens (tertiary/aromatic N) is 2. The molecule has 1 aliphatic rings. The third-order valence-corrected chi connectivity index (χ3v) is 8.05. The van der Waals surface area contributed by atoms with E-state index in [1.807, 2.05) is 35.2 Å². The first kappa shape index (κ1) is 23.2. The Balaban J connectivity index is 0.00000256. The van der Waals surface area contributed by atoms with Crippen molar-refractivity contribution in [1.29, 1.82) is 0 Å². The number of hydrogen-bond donors (Lipinski definition) is 0. The molecule has 4 nitrogen and oxygen atoms in total. The van der Waals surface area contributed by atoms with Crippen molar-refractivity contribution in [2.45, 2.75) is 30.0 Å². The van der Waals surface area contributed by atoms with Crippen LogP contribution in [0.4, 0.5) is 5.69 Å². The normalized spacial score (nSPS) is 15.8. The number of fused-ring (bicyclic) bond motifs is 2. The first-order chi connectivity index (χ1) is 14.0. The van der Waals surface area contributed by atoms with Gasteiger partial charge in [-0.15, -0.1) is 0 Å².